The quantitative estimate of drug-likeness (QED) is 0.897. The summed E-state index contributed by atoms with van der Waals surface area (Å²) in [6.07, 6.45) is 5.35. The van der Waals surface area contributed by atoms with Crippen molar-refractivity contribution in [2.24, 2.45) is 0 Å². The average Bonchev–Trinajstić information content (AvgIpc) is 3.19. The van der Waals surface area contributed by atoms with Crippen LogP contribution in [0.3, 0.4) is 0 Å². The summed E-state index contributed by atoms with van der Waals surface area (Å²) in [5.74, 6) is 2.65. The van der Waals surface area contributed by atoms with E-state index in [1.54, 1.807) is 0 Å². The molecule has 104 valence electrons. The molecule has 0 radical (unpaired) electrons. The molecule has 0 amide bonds. The van der Waals surface area contributed by atoms with Gasteiger partial charge in [0, 0.05) is 18.0 Å². The Morgan fingerprint density at radius 2 is 2.20 bits per heavy atom. The van der Waals surface area contributed by atoms with Crippen LogP contribution in [0.15, 0.2) is 24.4 Å². The number of nitrogens with zero attached hydrogens (tertiary/aromatic N) is 1. The van der Waals surface area contributed by atoms with Gasteiger partial charge in [0.1, 0.15) is 5.82 Å². The van der Waals surface area contributed by atoms with Gasteiger partial charge in [0.2, 0.25) is 6.79 Å². The molecule has 0 saturated carbocycles. The fourth-order valence-corrected chi connectivity index (χ4v) is 2.84. The van der Waals surface area contributed by atoms with Gasteiger partial charge in [0.15, 0.2) is 11.5 Å². The number of hydrogen-bond donors (Lipinski definition) is 2. The van der Waals surface area contributed by atoms with Crippen LogP contribution in [0.1, 0.15) is 18.7 Å². The Hall–Kier alpha value is -2.01. The lowest BCUT2D eigenvalue weighted by Crippen LogP contribution is -2.24. The van der Waals surface area contributed by atoms with Crippen molar-refractivity contribution in [3.05, 3.63) is 30.2 Å². The summed E-state index contributed by atoms with van der Waals surface area (Å²) in [6.45, 7) is 1.43. The zero-order valence-electron chi connectivity index (χ0n) is 11.2. The molecule has 2 aliphatic heterocycles. The maximum atomic E-state index is 5.41. The van der Waals surface area contributed by atoms with Gasteiger partial charge in [-0.25, -0.2) is 4.98 Å². The van der Waals surface area contributed by atoms with E-state index >= 15 is 0 Å². The Morgan fingerprint density at radius 1 is 1.25 bits per heavy atom. The van der Waals surface area contributed by atoms with Crippen molar-refractivity contribution >= 4 is 0 Å². The molecule has 0 spiro atoms. The summed E-state index contributed by atoms with van der Waals surface area (Å²) in [4.78, 5) is 7.88. The van der Waals surface area contributed by atoms with Crippen molar-refractivity contribution in [2.45, 2.75) is 25.3 Å². The highest BCUT2D eigenvalue weighted by atomic mass is 16.7. The molecule has 0 aliphatic carbocycles. The molecule has 3 heterocycles. The topological polar surface area (TPSA) is 59.2 Å². The molecule has 1 unspecified atom stereocenters. The number of hydrogen-bond acceptors (Lipinski definition) is 4. The Kier molecular flexibility index (Phi) is 2.85. The van der Waals surface area contributed by atoms with Gasteiger partial charge in [0.25, 0.3) is 0 Å². The van der Waals surface area contributed by atoms with Crippen LogP contribution in [0.4, 0.5) is 0 Å². The third kappa shape index (κ3) is 2.14. The standard InChI is InChI=1S/C15H17N3O2/c1-2-11(16-5-1)7-15-17-8-12(18-15)10-3-4-13-14(6-10)20-9-19-13/h3-4,6,8,11,16H,1-2,5,7,9H2,(H,17,18). The van der Waals surface area contributed by atoms with E-state index in [4.69, 9.17) is 9.47 Å². The number of benzene rings is 1. The normalized spacial score (nSPS) is 20.5. The van der Waals surface area contributed by atoms with Crippen LogP contribution in [0.2, 0.25) is 0 Å². The minimum absolute atomic E-state index is 0.306. The van der Waals surface area contributed by atoms with E-state index < -0.39 is 0 Å². The third-order valence-electron chi connectivity index (χ3n) is 3.91. The molecule has 2 aliphatic rings. The highest BCUT2D eigenvalue weighted by Gasteiger charge is 2.17. The smallest absolute Gasteiger partial charge is 0.231 e. The molecule has 5 heteroatoms. The molecule has 5 nitrogen and oxygen atoms in total. The number of ether oxygens (including phenoxy) is 2. The maximum absolute atomic E-state index is 5.41. The summed E-state index contributed by atoms with van der Waals surface area (Å²) >= 11 is 0. The molecule has 1 aromatic heterocycles. The SMILES string of the molecule is c1cc2c(cc1-c1cnc(CC3CCCN3)[nH]1)OCO2. The number of imidazole rings is 1. The third-order valence-corrected chi connectivity index (χ3v) is 3.91. The van der Waals surface area contributed by atoms with Gasteiger partial charge in [-0.05, 0) is 37.6 Å². The fourth-order valence-electron chi connectivity index (χ4n) is 2.84. The van der Waals surface area contributed by atoms with E-state index in [1.807, 2.05) is 24.4 Å². The predicted octanol–water partition coefficient (Wildman–Crippen LogP) is 2.10. The lowest BCUT2D eigenvalue weighted by molar-refractivity contribution is 0.174. The minimum atomic E-state index is 0.306. The molecule has 1 aromatic carbocycles. The van der Waals surface area contributed by atoms with E-state index in [1.165, 1.54) is 12.8 Å². The van der Waals surface area contributed by atoms with Crippen LogP contribution in [-0.4, -0.2) is 29.3 Å². The van der Waals surface area contributed by atoms with Gasteiger partial charge in [-0.15, -0.1) is 0 Å². The van der Waals surface area contributed by atoms with E-state index in [0.717, 1.165) is 41.5 Å². The van der Waals surface area contributed by atoms with Crippen LogP contribution in [-0.2, 0) is 6.42 Å². The predicted molar refractivity (Wildman–Crippen MR) is 74.9 cm³/mol. The fraction of sp³-hybridized carbons (Fsp3) is 0.400. The number of aromatic amines is 1. The molecule has 1 atom stereocenters. The van der Waals surface area contributed by atoms with E-state index in [-0.39, 0.29) is 0 Å². The van der Waals surface area contributed by atoms with Crippen molar-refractivity contribution in [3.8, 4) is 22.8 Å². The Labute approximate surface area is 117 Å². The second kappa shape index (κ2) is 4.83. The molecular weight excluding hydrogens is 254 g/mol. The van der Waals surface area contributed by atoms with Crippen molar-refractivity contribution in [1.29, 1.82) is 0 Å². The number of aromatic nitrogens is 2. The second-order valence-corrected chi connectivity index (χ2v) is 5.31. The van der Waals surface area contributed by atoms with Crippen LogP contribution in [0.25, 0.3) is 11.3 Å². The summed E-state index contributed by atoms with van der Waals surface area (Å²) in [5, 5.41) is 3.49. The van der Waals surface area contributed by atoms with Crippen molar-refractivity contribution < 1.29 is 9.47 Å². The van der Waals surface area contributed by atoms with Crippen molar-refractivity contribution in [3.63, 3.8) is 0 Å². The largest absolute Gasteiger partial charge is 0.454 e. The lowest BCUT2D eigenvalue weighted by Gasteiger charge is -2.06. The van der Waals surface area contributed by atoms with E-state index in [2.05, 4.69) is 15.3 Å². The first-order valence-electron chi connectivity index (χ1n) is 7.06. The highest BCUT2D eigenvalue weighted by Crippen LogP contribution is 2.35. The van der Waals surface area contributed by atoms with Crippen LogP contribution < -0.4 is 14.8 Å². The molecule has 2 aromatic rings. The zero-order valence-corrected chi connectivity index (χ0v) is 11.2. The van der Waals surface area contributed by atoms with Gasteiger partial charge in [-0.2, -0.15) is 0 Å². The molecule has 0 bridgehead atoms. The van der Waals surface area contributed by atoms with Crippen molar-refractivity contribution in [2.75, 3.05) is 13.3 Å². The molecule has 20 heavy (non-hydrogen) atoms. The van der Waals surface area contributed by atoms with Gasteiger partial charge in [-0.3, -0.25) is 0 Å². The molecule has 4 rings (SSSR count). The van der Waals surface area contributed by atoms with E-state index in [9.17, 15) is 0 Å². The number of H-pyrrole nitrogens is 1. The molecule has 1 saturated heterocycles. The molecule has 1 fully saturated rings. The Bertz CT molecular complexity index is 617. The Morgan fingerprint density at radius 3 is 3.10 bits per heavy atom. The Balaban J connectivity index is 1.55. The van der Waals surface area contributed by atoms with Crippen LogP contribution >= 0.6 is 0 Å². The van der Waals surface area contributed by atoms with Gasteiger partial charge < -0.3 is 19.8 Å². The molecule has 2 N–H and O–H groups in total. The van der Waals surface area contributed by atoms with Gasteiger partial charge >= 0.3 is 0 Å². The number of fused-ring (bicyclic) bond motifs is 1. The first-order valence-corrected chi connectivity index (χ1v) is 7.06. The first kappa shape index (κ1) is 11.8. The second-order valence-electron chi connectivity index (χ2n) is 5.31. The number of rotatable bonds is 3. The van der Waals surface area contributed by atoms with E-state index in [0.29, 0.717) is 12.8 Å². The first-order chi connectivity index (χ1) is 9.88. The van der Waals surface area contributed by atoms with Crippen LogP contribution in [0, 0.1) is 0 Å². The summed E-state index contributed by atoms with van der Waals surface area (Å²) in [7, 11) is 0. The van der Waals surface area contributed by atoms with Crippen LogP contribution in [0.5, 0.6) is 11.5 Å². The summed E-state index contributed by atoms with van der Waals surface area (Å²) in [5.41, 5.74) is 2.10. The zero-order chi connectivity index (χ0) is 13.4. The van der Waals surface area contributed by atoms with Gasteiger partial charge in [-0.1, -0.05) is 0 Å². The minimum Gasteiger partial charge on any atom is -0.454 e. The summed E-state index contributed by atoms with van der Waals surface area (Å²) in [6, 6.07) is 6.52. The van der Waals surface area contributed by atoms with Crippen molar-refractivity contribution in [1.82, 2.24) is 15.3 Å². The average molecular weight is 271 g/mol. The number of nitrogens with one attached hydrogen (secondary N) is 2. The maximum Gasteiger partial charge on any atom is 0.231 e. The highest BCUT2D eigenvalue weighted by molar-refractivity contribution is 5.64. The van der Waals surface area contributed by atoms with Gasteiger partial charge in [0.05, 0.1) is 11.9 Å². The summed E-state index contributed by atoms with van der Waals surface area (Å²) < 4.78 is 10.7. The lowest BCUT2D eigenvalue weighted by atomic mass is 10.1. The molecular formula is C15H17N3O2. The monoisotopic (exact) mass is 271 g/mol.